The highest BCUT2D eigenvalue weighted by Crippen LogP contribution is 2.37. The van der Waals surface area contributed by atoms with Gasteiger partial charge in [0.25, 0.3) is 0 Å². The highest BCUT2D eigenvalue weighted by Gasteiger charge is 2.25. The molecule has 2 aromatic rings. The lowest BCUT2D eigenvalue weighted by Crippen LogP contribution is -2.20. The molecule has 0 unspecified atom stereocenters. The molecule has 0 spiro atoms. The molecule has 0 aliphatic heterocycles. The van der Waals surface area contributed by atoms with Crippen LogP contribution in [0.3, 0.4) is 0 Å². The van der Waals surface area contributed by atoms with Crippen LogP contribution in [0, 0.1) is 0 Å². The monoisotopic (exact) mass is 283 g/mol. The van der Waals surface area contributed by atoms with E-state index in [1.54, 1.807) is 0 Å². The molecule has 0 amide bonds. The number of carbonyl (C=O) groups is 1. The Morgan fingerprint density at radius 2 is 1.62 bits per heavy atom. The quantitative estimate of drug-likeness (QED) is 0.813. The van der Waals surface area contributed by atoms with Crippen LogP contribution in [0.5, 0.6) is 0 Å². The summed E-state index contributed by atoms with van der Waals surface area (Å²) in [7, 11) is 0. The van der Waals surface area contributed by atoms with Crippen molar-refractivity contribution in [3.05, 3.63) is 54.1 Å². The van der Waals surface area contributed by atoms with Gasteiger partial charge in [-0.15, -0.1) is 0 Å². The Bertz CT molecular complexity index is 647. The molecule has 0 saturated heterocycles. The fraction of sp³-hybridized carbons (Fsp3) is 0.278. The Morgan fingerprint density at radius 3 is 2.24 bits per heavy atom. The first-order chi connectivity index (χ1) is 9.92. The largest absolute Gasteiger partial charge is 0.481 e. The maximum atomic E-state index is 10.9. The molecule has 2 aromatic carbocycles. The van der Waals surface area contributed by atoms with E-state index < -0.39 is 5.97 Å². The van der Waals surface area contributed by atoms with Crippen molar-refractivity contribution in [1.29, 1.82) is 0 Å². The van der Waals surface area contributed by atoms with Gasteiger partial charge in [0.1, 0.15) is 0 Å². The third kappa shape index (κ3) is 3.43. The Labute approximate surface area is 125 Å². The van der Waals surface area contributed by atoms with Crippen LogP contribution in [0.4, 0.5) is 5.69 Å². The fourth-order valence-corrected chi connectivity index (χ4v) is 2.60. The van der Waals surface area contributed by atoms with Gasteiger partial charge < -0.3 is 10.8 Å². The molecule has 0 bridgehead atoms. The van der Waals surface area contributed by atoms with Crippen LogP contribution in [0.25, 0.3) is 11.1 Å². The third-order valence-electron chi connectivity index (χ3n) is 3.87. The number of carboxylic acid groups (broad SMARTS) is 1. The molecule has 0 aromatic heterocycles. The number of carboxylic acids is 1. The Balaban J connectivity index is 2.46. The van der Waals surface area contributed by atoms with Gasteiger partial charge in [0.05, 0.1) is 0 Å². The van der Waals surface area contributed by atoms with Crippen molar-refractivity contribution < 1.29 is 9.90 Å². The molecule has 0 radical (unpaired) electrons. The fourth-order valence-electron chi connectivity index (χ4n) is 2.60. The van der Waals surface area contributed by atoms with Gasteiger partial charge in [-0.25, -0.2) is 0 Å². The Kier molecular flexibility index (Phi) is 4.32. The molecule has 0 atom stereocenters. The second-order valence-electron chi connectivity index (χ2n) is 5.91. The number of nitrogens with two attached hydrogens (primary N) is 1. The van der Waals surface area contributed by atoms with Gasteiger partial charge in [-0.1, -0.05) is 56.3 Å². The first-order valence-electron chi connectivity index (χ1n) is 7.08. The minimum atomic E-state index is -0.764. The number of para-hydroxylation sites is 1. The lowest BCUT2D eigenvalue weighted by molar-refractivity contribution is -0.137. The number of benzene rings is 2. The predicted octanol–water partition coefficient (Wildman–Crippen LogP) is 4.08. The van der Waals surface area contributed by atoms with Crippen molar-refractivity contribution in [3.63, 3.8) is 0 Å². The number of aliphatic carboxylic acids is 1. The summed E-state index contributed by atoms with van der Waals surface area (Å²) in [6.45, 7) is 4.15. The van der Waals surface area contributed by atoms with E-state index in [4.69, 9.17) is 10.8 Å². The Morgan fingerprint density at radius 1 is 1.05 bits per heavy atom. The molecule has 0 saturated carbocycles. The van der Waals surface area contributed by atoms with E-state index in [9.17, 15) is 4.79 Å². The van der Waals surface area contributed by atoms with Crippen LogP contribution in [-0.4, -0.2) is 11.1 Å². The predicted molar refractivity (Wildman–Crippen MR) is 86.2 cm³/mol. The zero-order chi connectivity index (χ0) is 15.5. The maximum absolute atomic E-state index is 10.9. The van der Waals surface area contributed by atoms with Gasteiger partial charge in [-0.3, -0.25) is 4.79 Å². The van der Waals surface area contributed by atoms with Crippen LogP contribution in [0.1, 0.15) is 32.3 Å². The number of nitrogen functional groups attached to an aromatic ring is 1. The van der Waals surface area contributed by atoms with Gasteiger partial charge in [0, 0.05) is 17.7 Å². The van der Waals surface area contributed by atoms with Gasteiger partial charge in [0.15, 0.2) is 0 Å². The molecular weight excluding hydrogens is 262 g/mol. The average molecular weight is 283 g/mol. The van der Waals surface area contributed by atoms with E-state index in [1.165, 1.54) is 0 Å². The van der Waals surface area contributed by atoms with E-state index in [0.717, 1.165) is 22.4 Å². The van der Waals surface area contributed by atoms with E-state index in [1.807, 2.05) is 42.5 Å². The lowest BCUT2D eigenvalue weighted by atomic mass is 9.77. The van der Waals surface area contributed by atoms with Crippen molar-refractivity contribution in [2.75, 3.05) is 5.73 Å². The zero-order valence-electron chi connectivity index (χ0n) is 12.5. The van der Waals surface area contributed by atoms with E-state index in [0.29, 0.717) is 6.42 Å². The van der Waals surface area contributed by atoms with Crippen molar-refractivity contribution in [2.24, 2.45) is 0 Å². The van der Waals surface area contributed by atoms with Crippen molar-refractivity contribution >= 4 is 11.7 Å². The molecular formula is C18H21NO2. The topological polar surface area (TPSA) is 63.3 Å². The molecule has 21 heavy (non-hydrogen) atoms. The lowest BCUT2D eigenvalue weighted by Gasteiger charge is -2.28. The number of hydrogen-bond donors (Lipinski definition) is 2. The molecule has 3 nitrogen and oxygen atoms in total. The molecule has 0 heterocycles. The SMILES string of the molecule is CC(C)(CCC(=O)O)c1ccccc1-c1ccccc1N. The molecule has 3 N–H and O–H groups in total. The molecule has 2 rings (SSSR count). The summed E-state index contributed by atoms with van der Waals surface area (Å²) in [6.07, 6.45) is 0.748. The third-order valence-corrected chi connectivity index (χ3v) is 3.87. The van der Waals surface area contributed by atoms with Crippen LogP contribution >= 0.6 is 0 Å². The summed E-state index contributed by atoms with van der Waals surface area (Å²) < 4.78 is 0. The summed E-state index contributed by atoms with van der Waals surface area (Å²) >= 11 is 0. The summed E-state index contributed by atoms with van der Waals surface area (Å²) in [5.74, 6) is -0.764. The summed E-state index contributed by atoms with van der Waals surface area (Å²) in [5.41, 5.74) is 9.80. The molecule has 110 valence electrons. The summed E-state index contributed by atoms with van der Waals surface area (Å²) in [5, 5.41) is 8.93. The molecule has 0 fully saturated rings. The second kappa shape index (κ2) is 6.00. The van der Waals surface area contributed by atoms with Gasteiger partial charge >= 0.3 is 5.97 Å². The van der Waals surface area contributed by atoms with Crippen molar-refractivity contribution in [1.82, 2.24) is 0 Å². The number of hydrogen-bond acceptors (Lipinski definition) is 2. The van der Waals surface area contributed by atoms with E-state index in [-0.39, 0.29) is 11.8 Å². The molecule has 0 aliphatic carbocycles. The summed E-state index contributed by atoms with van der Waals surface area (Å²) in [4.78, 5) is 10.9. The van der Waals surface area contributed by atoms with Crippen LogP contribution in [0.2, 0.25) is 0 Å². The zero-order valence-corrected chi connectivity index (χ0v) is 12.5. The molecule has 0 aliphatic rings. The van der Waals surface area contributed by atoms with Crippen molar-refractivity contribution in [3.8, 4) is 11.1 Å². The minimum absolute atomic E-state index is 0.158. The highest BCUT2D eigenvalue weighted by atomic mass is 16.4. The van der Waals surface area contributed by atoms with Gasteiger partial charge in [-0.2, -0.15) is 0 Å². The smallest absolute Gasteiger partial charge is 0.303 e. The van der Waals surface area contributed by atoms with Crippen molar-refractivity contribution in [2.45, 2.75) is 32.1 Å². The van der Waals surface area contributed by atoms with Crippen LogP contribution in [0.15, 0.2) is 48.5 Å². The average Bonchev–Trinajstić information content (AvgIpc) is 2.46. The maximum Gasteiger partial charge on any atom is 0.303 e. The normalized spacial score (nSPS) is 11.3. The van der Waals surface area contributed by atoms with E-state index >= 15 is 0 Å². The van der Waals surface area contributed by atoms with Gasteiger partial charge in [-0.05, 0) is 29.0 Å². The standard InChI is InChI=1S/C18H21NO2/c1-18(2,12-11-17(20)21)15-9-5-3-7-13(15)14-8-4-6-10-16(14)19/h3-10H,11-12,19H2,1-2H3,(H,20,21). The first-order valence-corrected chi connectivity index (χ1v) is 7.08. The molecule has 3 heteroatoms. The minimum Gasteiger partial charge on any atom is -0.481 e. The highest BCUT2D eigenvalue weighted by molar-refractivity contribution is 5.79. The second-order valence-corrected chi connectivity index (χ2v) is 5.91. The van der Waals surface area contributed by atoms with Gasteiger partial charge in [0.2, 0.25) is 0 Å². The number of rotatable bonds is 5. The first kappa shape index (κ1) is 15.1. The van der Waals surface area contributed by atoms with Crippen LogP contribution < -0.4 is 5.73 Å². The summed E-state index contributed by atoms with van der Waals surface area (Å²) in [6, 6.07) is 15.8. The van der Waals surface area contributed by atoms with E-state index in [2.05, 4.69) is 19.9 Å². The van der Waals surface area contributed by atoms with Crippen LogP contribution in [-0.2, 0) is 10.2 Å². The number of anilines is 1. The Hall–Kier alpha value is -2.29.